The largest absolute Gasteiger partial charge is 0.497 e. The SMILES string of the molecule is COc1ccc2nc(Cl)c(CNCCCC(C)[C@H](O)CNC(C)(C)Cc3ccc4ccccc4c3)cc2c1. The number of fused-ring (bicyclic) bond motifs is 2. The van der Waals surface area contributed by atoms with Crippen LogP contribution in [0, 0.1) is 5.92 Å². The second kappa shape index (κ2) is 12.9. The van der Waals surface area contributed by atoms with Crippen molar-refractivity contribution in [3.63, 3.8) is 0 Å². The van der Waals surface area contributed by atoms with E-state index in [4.69, 9.17) is 16.3 Å². The molecule has 38 heavy (non-hydrogen) atoms. The number of hydrogen-bond donors (Lipinski definition) is 3. The molecule has 0 bridgehead atoms. The molecule has 0 aliphatic carbocycles. The average Bonchev–Trinajstić information content (AvgIpc) is 2.91. The summed E-state index contributed by atoms with van der Waals surface area (Å²) in [5.74, 6) is 1.01. The number of pyridine rings is 1. The highest BCUT2D eigenvalue weighted by Gasteiger charge is 2.21. The van der Waals surface area contributed by atoms with E-state index >= 15 is 0 Å². The molecule has 0 aliphatic heterocycles. The monoisotopic (exact) mass is 533 g/mol. The van der Waals surface area contributed by atoms with Crippen LogP contribution in [0.15, 0.2) is 66.7 Å². The summed E-state index contributed by atoms with van der Waals surface area (Å²) in [6, 6.07) is 23.0. The quantitative estimate of drug-likeness (QED) is 0.135. The number of aliphatic hydroxyl groups is 1. The molecule has 3 N–H and O–H groups in total. The predicted octanol–water partition coefficient (Wildman–Crippen LogP) is 6.53. The molecular formula is C32H40ClN3O2. The number of nitrogens with one attached hydrogen (secondary N) is 2. The van der Waals surface area contributed by atoms with Crippen LogP contribution in [-0.2, 0) is 13.0 Å². The second-order valence-electron chi connectivity index (χ2n) is 11.0. The minimum Gasteiger partial charge on any atom is -0.497 e. The second-order valence-corrected chi connectivity index (χ2v) is 11.3. The van der Waals surface area contributed by atoms with Crippen molar-refractivity contribution in [2.45, 2.75) is 58.2 Å². The predicted molar refractivity (Wildman–Crippen MR) is 159 cm³/mol. The van der Waals surface area contributed by atoms with Crippen LogP contribution in [0.1, 0.15) is 44.7 Å². The number of aliphatic hydroxyl groups excluding tert-OH is 1. The third-order valence-corrected chi connectivity index (χ3v) is 7.61. The molecule has 2 atom stereocenters. The van der Waals surface area contributed by atoms with E-state index in [0.717, 1.165) is 48.0 Å². The molecule has 0 amide bonds. The standard InChI is InChI=1S/C32H40ClN3O2/c1-22(8-7-15-34-20-27-17-26-18-28(38-4)13-14-29(26)36-31(27)33)30(37)21-35-32(2,3)19-23-11-12-24-9-5-6-10-25(24)16-23/h5-6,9-14,16-18,22,30,34-35,37H,7-8,15,19-21H2,1-4H3/t22?,30-/m1/s1. The van der Waals surface area contributed by atoms with E-state index in [1.165, 1.54) is 16.3 Å². The fourth-order valence-corrected chi connectivity index (χ4v) is 5.11. The van der Waals surface area contributed by atoms with E-state index < -0.39 is 0 Å². The normalized spacial score (nSPS) is 13.6. The van der Waals surface area contributed by atoms with Crippen LogP contribution in [0.4, 0.5) is 0 Å². The van der Waals surface area contributed by atoms with Crippen molar-refractivity contribution in [1.29, 1.82) is 0 Å². The minimum atomic E-state index is -0.389. The molecule has 202 valence electrons. The van der Waals surface area contributed by atoms with E-state index in [0.29, 0.717) is 18.2 Å². The maximum atomic E-state index is 10.8. The van der Waals surface area contributed by atoms with E-state index in [1.807, 2.05) is 18.2 Å². The van der Waals surface area contributed by atoms with Gasteiger partial charge in [-0.2, -0.15) is 0 Å². The van der Waals surface area contributed by atoms with Gasteiger partial charge >= 0.3 is 0 Å². The van der Waals surface area contributed by atoms with E-state index in [2.05, 4.69) is 84.9 Å². The van der Waals surface area contributed by atoms with E-state index in [-0.39, 0.29) is 17.6 Å². The summed E-state index contributed by atoms with van der Waals surface area (Å²) in [6.45, 7) is 8.61. The van der Waals surface area contributed by atoms with E-state index in [9.17, 15) is 5.11 Å². The van der Waals surface area contributed by atoms with Crippen LogP contribution < -0.4 is 15.4 Å². The minimum absolute atomic E-state index is 0.109. The third-order valence-electron chi connectivity index (χ3n) is 7.28. The highest BCUT2D eigenvalue weighted by Crippen LogP contribution is 2.24. The van der Waals surface area contributed by atoms with Crippen LogP contribution in [0.25, 0.3) is 21.7 Å². The number of ether oxygens (including phenoxy) is 1. The average molecular weight is 534 g/mol. The van der Waals surface area contributed by atoms with Crippen molar-refractivity contribution in [1.82, 2.24) is 15.6 Å². The van der Waals surface area contributed by atoms with Gasteiger partial charge in [-0.05, 0) is 86.2 Å². The Hall–Kier alpha value is -2.70. The molecule has 0 fully saturated rings. The summed E-state index contributed by atoms with van der Waals surface area (Å²) < 4.78 is 5.32. The molecule has 0 aliphatic rings. The maximum absolute atomic E-state index is 10.8. The Labute approximate surface area is 231 Å². The highest BCUT2D eigenvalue weighted by molar-refractivity contribution is 6.30. The molecule has 0 saturated carbocycles. The Morgan fingerprint density at radius 3 is 2.58 bits per heavy atom. The van der Waals surface area contributed by atoms with Crippen LogP contribution in [0.2, 0.25) is 5.15 Å². The van der Waals surface area contributed by atoms with Gasteiger partial charge in [-0.1, -0.05) is 61.0 Å². The molecule has 1 heterocycles. The number of hydrogen-bond acceptors (Lipinski definition) is 5. The van der Waals surface area contributed by atoms with Gasteiger partial charge < -0.3 is 20.5 Å². The van der Waals surface area contributed by atoms with Gasteiger partial charge in [0.05, 0.1) is 18.7 Å². The fourth-order valence-electron chi connectivity index (χ4n) is 4.89. The molecular weight excluding hydrogens is 494 g/mol. The molecule has 4 aromatic rings. The first-order valence-electron chi connectivity index (χ1n) is 13.5. The van der Waals surface area contributed by atoms with Gasteiger partial charge in [-0.15, -0.1) is 0 Å². The summed E-state index contributed by atoms with van der Waals surface area (Å²) in [4.78, 5) is 4.51. The first-order chi connectivity index (χ1) is 18.2. The molecule has 5 nitrogen and oxygen atoms in total. The lowest BCUT2D eigenvalue weighted by Gasteiger charge is -2.30. The molecule has 0 saturated heterocycles. The van der Waals surface area contributed by atoms with Crippen molar-refractivity contribution in [2.24, 2.45) is 5.92 Å². The van der Waals surface area contributed by atoms with Crippen molar-refractivity contribution in [3.05, 3.63) is 83.0 Å². The highest BCUT2D eigenvalue weighted by atomic mass is 35.5. The first-order valence-corrected chi connectivity index (χ1v) is 13.9. The first kappa shape index (κ1) is 28.3. The summed E-state index contributed by atoms with van der Waals surface area (Å²) in [7, 11) is 1.66. The Morgan fingerprint density at radius 1 is 1.00 bits per heavy atom. The van der Waals surface area contributed by atoms with Crippen molar-refractivity contribution in [2.75, 3.05) is 20.2 Å². The summed E-state index contributed by atoms with van der Waals surface area (Å²) in [6.07, 6.45) is 2.44. The summed E-state index contributed by atoms with van der Waals surface area (Å²) >= 11 is 6.41. The van der Waals surface area contributed by atoms with Gasteiger partial charge in [0.2, 0.25) is 0 Å². The smallest absolute Gasteiger partial charge is 0.134 e. The molecule has 1 unspecified atom stereocenters. The molecule has 6 heteroatoms. The van der Waals surface area contributed by atoms with Crippen LogP contribution >= 0.6 is 11.6 Å². The number of β-amino-alcohol motifs (C(OH)–C–C–N with tert-alkyl or cyclic N) is 1. The van der Waals surface area contributed by atoms with Gasteiger partial charge in [-0.25, -0.2) is 4.98 Å². The lowest BCUT2D eigenvalue weighted by molar-refractivity contribution is 0.100. The van der Waals surface area contributed by atoms with Gasteiger partial charge in [-0.3, -0.25) is 0 Å². The van der Waals surface area contributed by atoms with Gasteiger partial charge in [0.15, 0.2) is 0 Å². The lowest BCUT2D eigenvalue weighted by Crippen LogP contribution is -2.46. The Balaban J connectivity index is 1.18. The van der Waals surface area contributed by atoms with Gasteiger partial charge in [0, 0.05) is 29.6 Å². The zero-order valence-corrected chi connectivity index (χ0v) is 23.7. The number of methoxy groups -OCH3 is 1. The molecule has 4 rings (SSSR count). The van der Waals surface area contributed by atoms with Crippen LogP contribution in [-0.4, -0.2) is 41.9 Å². The van der Waals surface area contributed by atoms with Gasteiger partial charge in [0.25, 0.3) is 0 Å². The summed E-state index contributed by atoms with van der Waals surface area (Å²) in [5, 5.41) is 21.9. The zero-order valence-electron chi connectivity index (χ0n) is 22.9. The van der Waals surface area contributed by atoms with E-state index in [1.54, 1.807) is 7.11 Å². The van der Waals surface area contributed by atoms with Crippen molar-refractivity contribution in [3.8, 4) is 5.75 Å². The Bertz CT molecular complexity index is 1360. The zero-order chi connectivity index (χ0) is 27.1. The molecule has 1 aromatic heterocycles. The number of halogens is 1. The van der Waals surface area contributed by atoms with Crippen molar-refractivity contribution >= 4 is 33.3 Å². The van der Waals surface area contributed by atoms with Crippen LogP contribution in [0.5, 0.6) is 5.75 Å². The topological polar surface area (TPSA) is 66.4 Å². The van der Waals surface area contributed by atoms with Crippen molar-refractivity contribution < 1.29 is 9.84 Å². The Morgan fingerprint density at radius 2 is 1.79 bits per heavy atom. The lowest BCUT2D eigenvalue weighted by atomic mass is 9.92. The molecule has 0 radical (unpaired) electrons. The maximum Gasteiger partial charge on any atom is 0.134 e. The van der Waals surface area contributed by atoms with Crippen LogP contribution in [0.3, 0.4) is 0 Å². The number of nitrogens with zero attached hydrogens (tertiary/aromatic N) is 1. The molecule has 3 aromatic carbocycles. The third kappa shape index (κ3) is 7.67. The number of benzene rings is 3. The fraction of sp³-hybridized carbons (Fsp3) is 0.406. The number of rotatable bonds is 13. The molecule has 0 spiro atoms. The number of aromatic nitrogens is 1. The van der Waals surface area contributed by atoms with Gasteiger partial charge in [0.1, 0.15) is 10.9 Å². The Kier molecular flexibility index (Phi) is 9.61. The summed E-state index contributed by atoms with van der Waals surface area (Å²) in [5.41, 5.74) is 3.02.